The summed E-state index contributed by atoms with van der Waals surface area (Å²) in [6, 6.07) is 17.4. The Hall–Kier alpha value is -3.15. The van der Waals surface area contributed by atoms with Crippen molar-refractivity contribution in [3.63, 3.8) is 0 Å². The van der Waals surface area contributed by atoms with E-state index < -0.39 is 0 Å². The monoisotopic (exact) mass is 393 g/mol. The number of hydrogen-bond acceptors (Lipinski definition) is 5. The molecule has 0 saturated heterocycles. The zero-order valence-corrected chi connectivity index (χ0v) is 17.4. The normalized spacial score (nSPS) is 11.3. The first-order chi connectivity index (χ1) is 13.9. The van der Waals surface area contributed by atoms with Crippen molar-refractivity contribution in [1.82, 2.24) is 15.0 Å². The van der Waals surface area contributed by atoms with E-state index in [1.807, 2.05) is 61.5 Å². The Morgan fingerprint density at radius 3 is 2.38 bits per heavy atom. The maximum Gasteiger partial charge on any atom is 0.260 e. The summed E-state index contributed by atoms with van der Waals surface area (Å²) >= 11 is 0. The molecule has 1 heterocycles. The predicted molar refractivity (Wildman–Crippen MR) is 111 cm³/mol. The lowest BCUT2D eigenvalue weighted by Gasteiger charge is -2.20. The summed E-state index contributed by atoms with van der Waals surface area (Å²) in [5, 5.41) is 4.00. The summed E-state index contributed by atoms with van der Waals surface area (Å²) in [7, 11) is 0. The van der Waals surface area contributed by atoms with E-state index in [2.05, 4.69) is 30.9 Å². The zero-order chi connectivity index (χ0) is 20.9. The van der Waals surface area contributed by atoms with Gasteiger partial charge in [-0.05, 0) is 30.0 Å². The van der Waals surface area contributed by atoms with Gasteiger partial charge in [0.05, 0.1) is 0 Å². The minimum absolute atomic E-state index is 0.0393. The minimum atomic E-state index is -0.133. The first kappa shape index (κ1) is 20.6. The van der Waals surface area contributed by atoms with Crippen LogP contribution >= 0.6 is 0 Å². The van der Waals surface area contributed by atoms with Gasteiger partial charge < -0.3 is 14.2 Å². The van der Waals surface area contributed by atoms with Gasteiger partial charge in [-0.15, -0.1) is 0 Å². The first-order valence-electron chi connectivity index (χ1n) is 9.76. The molecule has 6 nitrogen and oxygen atoms in total. The molecule has 1 aromatic heterocycles. The van der Waals surface area contributed by atoms with Gasteiger partial charge in [0.15, 0.2) is 6.61 Å². The fourth-order valence-corrected chi connectivity index (χ4v) is 2.85. The summed E-state index contributed by atoms with van der Waals surface area (Å²) in [6.45, 7) is 9.12. The number of aromatic nitrogens is 2. The van der Waals surface area contributed by atoms with Gasteiger partial charge in [-0.3, -0.25) is 4.79 Å². The Morgan fingerprint density at radius 1 is 1.07 bits per heavy atom. The van der Waals surface area contributed by atoms with Crippen molar-refractivity contribution in [2.45, 2.75) is 39.7 Å². The van der Waals surface area contributed by atoms with Crippen molar-refractivity contribution >= 4 is 5.91 Å². The quantitative estimate of drug-likeness (QED) is 0.593. The number of carbonyl (C=O) groups excluding carboxylic acids is 1. The largest absolute Gasteiger partial charge is 0.484 e. The molecule has 0 radical (unpaired) electrons. The lowest BCUT2D eigenvalue weighted by molar-refractivity contribution is -0.134. The van der Waals surface area contributed by atoms with Gasteiger partial charge in [0.1, 0.15) is 12.3 Å². The number of ether oxygens (including phenoxy) is 1. The Labute approximate surface area is 171 Å². The molecule has 29 heavy (non-hydrogen) atoms. The Balaban J connectivity index is 1.57. The molecule has 0 spiro atoms. The summed E-state index contributed by atoms with van der Waals surface area (Å²) < 4.78 is 11.0. The Kier molecular flexibility index (Phi) is 6.32. The van der Waals surface area contributed by atoms with Gasteiger partial charge in [0, 0.05) is 12.1 Å². The Morgan fingerprint density at radius 2 is 1.76 bits per heavy atom. The van der Waals surface area contributed by atoms with E-state index in [0.29, 0.717) is 24.0 Å². The molecular formula is C23H27N3O3. The number of benzene rings is 2. The highest BCUT2D eigenvalue weighted by Crippen LogP contribution is 2.24. The van der Waals surface area contributed by atoms with E-state index in [1.165, 1.54) is 5.56 Å². The predicted octanol–water partition coefficient (Wildman–Crippen LogP) is 4.46. The van der Waals surface area contributed by atoms with Crippen LogP contribution in [0.4, 0.5) is 0 Å². The van der Waals surface area contributed by atoms with Crippen LogP contribution in [0, 0.1) is 0 Å². The molecule has 3 aromatic rings. The second kappa shape index (κ2) is 8.90. The molecule has 0 N–H and O–H groups in total. The third-order valence-corrected chi connectivity index (χ3v) is 4.64. The van der Waals surface area contributed by atoms with E-state index in [9.17, 15) is 4.79 Å². The molecule has 6 heteroatoms. The molecule has 0 fully saturated rings. The third kappa shape index (κ3) is 5.44. The van der Waals surface area contributed by atoms with E-state index in [4.69, 9.17) is 9.26 Å². The maximum atomic E-state index is 12.6. The molecule has 0 saturated carbocycles. The SMILES string of the molecule is CCN(Cc1nc(-c2ccccc2)no1)C(=O)COc1ccc(C(C)(C)C)cc1. The highest BCUT2D eigenvalue weighted by atomic mass is 16.5. The second-order valence-electron chi connectivity index (χ2n) is 7.85. The van der Waals surface area contributed by atoms with E-state index in [0.717, 1.165) is 5.56 Å². The van der Waals surface area contributed by atoms with Gasteiger partial charge in [-0.1, -0.05) is 68.4 Å². The molecule has 2 aromatic carbocycles. The Bertz CT molecular complexity index is 928. The van der Waals surface area contributed by atoms with Gasteiger partial charge in [-0.2, -0.15) is 4.98 Å². The van der Waals surface area contributed by atoms with E-state index >= 15 is 0 Å². The second-order valence-corrected chi connectivity index (χ2v) is 7.85. The van der Waals surface area contributed by atoms with Crippen molar-refractivity contribution in [2.24, 2.45) is 0 Å². The summed E-state index contributed by atoms with van der Waals surface area (Å²) in [6.07, 6.45) is 0. The summed E-state index contributed by atoms with van der Waals surface area (Å²) in [5.41, 5.74) is 2.17. The smallest absolute Gasteiger partial charge is 0.260 e. The number of nitrogens with zero attached hydrogens (tertiary/aromatic N) is 3. The van der Waals surface area contributed by atoms with Crippen LogP contribution in [0.15, 0.2) is 59.1 Å². The van der Waals surface area contributed by atoms with E-state index in [-0.39, 0.29) is 24.5 Å². The van der Waals surface area contributed by atoms with Gasteiger partial charge in [0.2, 0.25) is 11.7 Å². The van der Waals surface area contributed by atoms with Crippen LogP contribution in [0.25, 0.3) is 11.4 Å². The van der Waals surface area contributed by atoms with Crippen molar-refractivity contribution in [3.8, 4) is 17.1 Å². The fourth-order valence-electron chi connectivity index (χ4n) is 2.85. The van der Waals surface area contributed by atoms with Crippen LogP contribution in [0.5, 0.6) is 5.75 Å². The first-order valence-corrected chi connectivity index (χ1v) is 9.76. The van der Waals surface area contributed by atoms with Crippen molar-refractivity contribution in [2.75, 3.05) is 13.2 Å². The molecule has 0 aliphatic heterocycles. The topological polar surface area (TPSA) is 68.5 Å². The third-order valence-electron chi connectivity index (χ3n) is 4.64. The van der Waals surface area contributed by atoms with Gasteiger partial charge >= 0.3 is 0 Å². The van der Waals surface area contributed by atoms with Crippen LogP contribution in [-0.2, 0) is 16.8 Å². The molecule has 1 amide bonds. The molecule has 0 atom stereocenters. The average molecular weight is 393 g/mol. The van der Waals surface area contributed by atoms with Crippen LogP contribution < -0.4 is 4.74 Å². The number of hydrogen-bond donors (Lipinski definition) is 0. The molecule has 0 bridgehead atoms. The lowest BCUT2D eigenvalue weighted by Crippen LogP contribution is -2.34. The molecular weight excluding hydrogens is 366 g/mol. The van der Waals surface area contributed by atoms with Crippen LogP contribution in [-0.4, -0.2) is 34.1 Å². The zero-order valence-electron chi connectivity index (χ0n) is 17.4. The van der Waals surface area contributed by atoms with Crippen LogP contribution in [0.1, 0.15) is 39.1 Å². The number of rotatable bonds is 7. The highest BCUT2D eigenvalue weighted by molar-refractivity contribution is 5.77. The van der Waals surface area contributed by atoms with Crippen molar-refractivity contribution in [1.29, 1.82) is 0 Å². The lowest BCUT2D eigenvalue weighted by atomic mass is 9.87. The van der Waals surface area contributed by atoms with Gasteiger partial charge in [-0.25, -0.2) is 0 Å². The number of carbonyl (C=O) groups is 1. The molecule has 152 valence electrons. The maximum absolute atomic E-state index is 12.6. The standard InChI is InChI=1S/C23H27N3O3/c1-5-26(15-20-24-22(25-29-20)17-9-7-6-8-10-17)21(27)16-28-19-13-11-18(12-14-19)23(2,3)4/h6-14H,5,15-16H2,1-4H3. The van der Waals surface area contributed by atoms with E-state index in [1.54, 1.807) is 4.90 Å². The fraction of sp³-hybridized carbons (Fsp3) is 0.348. The van der Waals surface area contributed by atoms with Crippen molar-refractivity contribution < 1.29 is 14.1 Å². The molecule has 0 aliphatic carbocycles. The minimum Gasteiger partial charge on any atom is -0.484 e. The molecule has 0 aliphatic rings. The molecule has 3 rings (SSSR count). The number of likely N-dealkylation sites (N-methyl/N-ethyl adjacent to an activating group) is 1. The average Bonchev–Trinajstić information content (AvgIpc) is 3.19. The van der Waals surface area contributed by atoms with Crippen LogP contribution in [0.2, 0.25) is 0 Å². The summed E-state index contributed by atoms with van der Waals surface area (Å²) in [5.74, 6) is 1.45. The van der Waals surface area contributed by atoms with Crippen LogP contribution in [0.3, 0.4) is 0 Å². The number of amides is 1. The summed E-state index contributed by atoms with van der Waals surface area (Å²) in [4.78, 5) is 18.6. The highest BCUT2D eigenvalue weighted by Gasteiger charge is 2.18. The van der Waals surface area contributed by atoms with Crippen molar-refractivity contribution in [3.05, 3.63) is 66.1 Å². The van der Waals surface area contributed by atoms with Gasteiger partial charge in [0.25, 0.3) is 5.91 Å². The molecule has 0 unspecified atom stereocenters.